The van der Waals surface area contributed by atoms with Gasteiger partial charge in [-0.25, -0.2) is 0 Å². The third-order valence-corrected chi connectivity index (χ3v) is 5.08. The third kappa shape index (κ3) is 6.08. The fourth-order valence-corrected chi connectivity index (χ4v) is 3.31. The number of thiophene rings is 1. The van der Waals surface area contributed by atoms with Gasteiger partial charge >= 0.3 is 6.18 Å². The van der Waals surface area contributed by atoms with Crippen LogP contribution in [0.15, 0.2) is 66.0 Å². The molecule has 2 amide bonds. The van der Waals surface area contributed by atoms with E-state index < -0.39 is 23.7 Å². The molecular formula is C22H19F3N2O3S. The molecule has 31 heavy (non-hydrogen) atoms. The first kappa shape index (κ1) is 22.4. The lowest BCUT2D eigenvalue weighted by atomic mass is 10.1. The van der Waals surface area contributed by atoms with Crippen LogP contribution in [0.3, 0.4) is 0 Å². The summed E-state index contributed by atoms with van der Waals surface area (Å²) < 4.78 is 44.3. The number of ether oxygens (including phenoxy) is 1. The van der Waals surface area contributed by atoms with E-state index in [2.05, 4.69) is 10.6 Å². The van der Waals surface area contributed by atoms with E-state index >= 15 is 0 Å². The molecule has 0 radical (unpaired) electrons. The van der Waals surface area contributed by atoms with Gasteiger partial charge in [-0.15, -0.1) is 11.3 Å². The Labute approximate surface area is 180 Å². The molecule has 3 rings (SSSR count). The van der Waals surface area contributed by atoms with Gasteiger partial charge in [0.25, 0.3) is 11.8 Å². The molecule has 1 atom stereocenters. The molecule has 0 saturated carbocycles. The van der Waals surface area contributed by atoms with Crippen molar-refractivity contribution in [3.05, 3.63) is 82.0 Å². The van der Waals surface area contributed by atoms with Crippen LogP contribution in [-0.4, -0.2) is 24.5 Å². The highest BCUT2D eigenvalue weighted by Crippen LogP contribution is 2.35. The summed E-state index contributed by atoms with van der Waals surface area (Å²) in [5.74, 6) is -0.935. The molecule has 0 saturated heterocycles. The van der Waals surface area contributed by atoms with Gasteiger partial charge in [0, 0.05) is 11.3 Å². The molecule has 0 aliphatic heterocycles. The van der Waals surface area contributed by atoms with Gasteiger partial charge in [0.05, 0.1) is 16.5 Å². The molecule has 1 aromatic heterocycles. The van der Waals surface area contributed by atoms with Crippen molar-refractivity contribution in [2.45, 2.75) is 19.1 Å². The molecule has 1 heterocycles. The van der Waals surface area contributed by atoms with E-state index in [-0.39, 0.29) is 18.3 Å². The lowest BCUT2D eigenvalue weighted by Gasteiger charge is -2.18. The standard InChI is InChI=1S/C22H19F3N2O3S/c1-14(13-30-18-6-3-2-5-17(18)22(23,24)25)26-20(28)15-8-10-16(11-9-15)27-21(29)19-7-4-12-31-19/h2-12,14H,13H2,1H3,(H,26,28)(H,27,29). The SMILES string of the molecule is CC(COc1ccccc1C(F)(F)F)NC(=O)c1ccc(NC(=O)c2cccs2)cc1. The first-order valence-corrected chi connectivity index (χ1v) is 10.2. The summed E-state index contributed by atoms with van der Waals surface area (Å²) >= 11 is 1.32. The minimum Gasteiger partial charge on any atom is -0.491 e. The zero-order valence-electron chi connectivity index (χ0n) is 16.4. The van der Waals surface area contributed by atoms with E-state index in [0.29, 0.717) is 16.1 Å². The maximum Gasteiger partial charge on any atom is 0.419 e. The quantitative estimate of drug-likeness (QED) is 0.521. The smallest absolute Gasteiger partial charge is 0.419 e. The van der Waals surface area contributed by atoms with Crippen LogP contribution in [0.25, 0.3) is 0 Å². The van der Waals surface area contributed by atoms with Crippen LogP contribution in [0, 0.1) is 0 Å². The Morgan fingerprint density at radius 2 is 1.71 bits per heavy atom. The average molecular weight is 448 g/mol. The molecule has 162 valence electrons. The summed E-state index contributed by atoms with van der Waals surface area (Å²) in [6.45, 7) is 1.50. The summed E-state index contributed by atoms with van der Waals surface area (Å²) in [5.41, 5.74) is 0.0143. The molecule has 9 heteroatoms. The van der Waals surface area contributed by atoms with Gasteiger partial charge in [-0.2, -0.15) is 13.2 Å². The van der Waals surface area contributed by atoms with E-state index in [9.17, 15) is 22.8 Å². The number of hydrogen-bond acceptors (Lipinski definition) is 4. The summed E-state index contributed by atoms with van der Waals surface area (Å²) in [4.78, 5) is 25.0. The van der Waals surface area contributed by atoms with E-state index in [1.807, 2.05) is 0 Å². The fourth-order valence-electron chi connectivity index (χ4n) is 2.70. The number of alkyl halides is 3. The number of carbonyl (C=O) groups is 2. The van der Waals surface area contributed by atoms with Crippen molar-refractivity contribution in [1.82, 2.24) is 5.32 Å². The number of anilines is 1. The number of para-hydroxylation sites is 1. The van der Waals surface area contributed by atoms with E-state index in [1.54, 1.807) is 48.7 Å². The average Bonchev–Trinajstić information content (AvgIpc) is 3.27. The zero-order chi connectivity index (χ0) is 22.4. The molecule has 1 unspecified atom stereocenters. The molecule has 2 N–H and O–H groups in total. The number of amides is 2. The number of benzene rings is 2. The van der Waals surface area contributed by atoms with Crippen molar-refractivity contribution >= 4 is 28.8 Å². The van der Waals surface area contributed by atoms with E-state index in [0.717, 1.165) is 6.07 Å². The highest BCUT2D eigenvalue weighted by atomic mass is 32.1. The third-order valence-electron chi connectivity index (χ3n) is 4.21. The largest absolute Gasteiger partial charge is 0.491 e. The van der Waals surface area contributed by atoms with Crippen molar-refractivity contribution in [3.63, 3.8) is 0 Å². The fraction of sp³-hybridized carbons (Fsp3) is 0.182. The lowest BCUT2D eigenvalue weighted by Crippen LogP contribution is -2.36. The molecule has 2 aromatic carbocycles. The van der Waals surface area contributed by atoms with Crippen LogP contribution in [0.5, 0.6) is 5.75 Å². The van der Waals surface area contributed by atoms with Crippen LogP contribution in [0.2, 0.25) is 0 Å². The Kier molecular flexibility index (Phi) is 6.96. The molecule has 0 spiro atoms. The van der Waals surface area contributed by atoms with Gasteiger partial charge in [0.15, 0.2) is 0 Å². The zero-order valence-corrected chi connectivity index (χ0v) is 17.2. The first-order valence-electron chi connectivity index (χ1n) is 9.29. The second kappa shape index (κ2) is 9.65. The second-order valence-corrected chi connectivity index (χ2v) is 7.64. The summed E-state index contributed by atoms with van der Waals surface area (Å²) in [7, 11) is 0. The van der Waals surface area contributed by atoms with Crippen LogP contribution in [-0.2, 0) is 6.18 Å². The Hall–Kier alpha value is -3.33. The molecule has 5 nitrogen and oxygen atoms in total. The highest BCUT2D eigenvalue weighted by molar-refractivity contribution is 7.12. The Morgan fingerprint density at radius 3 is 2.35 bits per heavy atom. The number of nitrogens with one attached hydrogen (secondary N) is 2. The number of carbonyl (C=O) groups excluding carboxylic acids is 2. The maximum absolute atomic E-state index is 13.0. The molecule has 0 bridgehead atoms. The lowest BCUT2D eigenvalue weighted by molar-refractivity contribution is -0.139. The van der Waals surface area contributed by atoms with Crippen molar-refractivity contribution in [1.29, 1.82) is 0 Å². The number of rotatable bonds is 7. The second-order valence-electron chi connectivity index (χ2n) is 6.69. The maximum atomic E-state index is 13.0. The number of hydrogen-bond donors (Lipinski definition) is 2. The molecule has 0 fully saturated rings. The monoisotopic (exact) mass is 448 g/mol. The van der Waals surface area contributed by atoms with Crippen LogP contribution in [0.4, 0.5) is 18.9 Å². The van der Waals surface area contributed by atoms with Crippen molar-refractivity contribution < 1.29 is 27.5 Å². The minimum atomic E-state index is -4.52. The summed E-state index contributed by atoms with van der Waals surface area (Å²) in [6, 6.07) is 14.2. The van der Waals surface area contributed by atoms with Gasteiger partial charge in [0.1, 0.15) is 12.4 Å². The molecule has 3 aromatic rings. The van der Waals surface area contributed by atoms with Gasteiger partial charge in [0.2, 0.25) is 0 Å². The Morgan fingerprint density at radius 1 is 1.00 bits per heavy atom. The highest BCUT2D eigenvalue weighted by Gasteiger charge is 2.34. The van der Waals surface area contributed by atoms with Crippen molar-refractivity contribution in [2.24, 2.45) is 0 Å². The van der Waals surface area contributed by atoms with Gasteiger partial charge in [-0.05, 0) is 54.8 Å². The van der Waals surface area contributed by atoms with E-state index in [1.165, 1.54) is 29.5 Å². The van der Waals surface area contributed by atoms with Gasteiger partial charge in [-0.3, -0.25) is 9.59 Å². The normalized spacial score (nSPS) is 12.1. The Balaban J connectivity index is 1.54. The van der Waals surface area contributed by atoms with E-state index in [4.69, 9.17) is 4.74 Å². The topological polar surface area (TPSA) is 67.4 Å². The first-order chi connectivity index (χ1) is 14.7. The summed E-state index contributed by atoms with van der Waals surface area (Å²) in [5, 5.41) is 7.21. The molecular weight excluding hydrogens is 429 g/mol. The number of halogens is 3. The van der Waals surface area contributed by atoms with Gasteiger partial charge < -0.3 is 15.4 Å². The predicted molar refractivity (Wildman–Crippen MR) is 113 cm³/mol. The minimum absolute atomic E-state index is 0.131. The van der Waals surface area contributed by atoms with Crippen LogP contribution < -0.4 is 15.4 Å². The molecule has 0 aliphatic rings. The van der Waals surface area contributed by atoms with Crippen molar-refractivity contribution in [3.8, 4) is 5.75 Å². The summed E-state index contributed by atoms with van der Waals surface area (Å²) in [6.07, 6.45) is -4.52. The van der Waals surface area contributed by atoms with Crippen molar-refractivity contribution in [2.75, 3.05) is 11.9 Å². The van der Waals surface area contributed by atoms with Gasteiger partial charge in [-0.1, -0.05) is 18.2 Å². The Bertz CT molecular complexity index is 1030. The van der Waals surface area contributed by atoms with Crippen LogP contribution >= 0.6 is 11.3 Å². The van der Waals surface area contributed by atoms with Crippen LogP contribution in [0.1, 0.15) is 32.5 Å². The predicted octanol–water partition coefficient (Wildman–Crippen LogP) is 5.22. The molecule has 0 aliphatic carbocycles.